The molecule has 0 fully saturated rings. The van der Waals surface area contributed by atoms with Gasteiger partial charge in [0.1, 0.15) is 22.5 Å². The van der Waals surface area contributed by atoms with E-state index < -0.39 is 0 Å². The Balaban J connectivity index is 1.08. The van der Waals surface area contributed by atoms with E-state index in [4.69, 9.17) is 8.83 Å². The first-order valence-corrected chi connectivity index (χ1v) is 19.5. The largest absolute Gasteiger partial charge is 0.456 e. The zero-order chi connectivity index (χ0) is 36.0. The third-order valence-electron chi connectivity index (χ3n) is 11.3. The lowest BCUT2D eigenvalue weighted by atomic mass is 9.85. The Bertz CT molecular complexity index is 3420. The number of thiophene rings is 1. The number of benzene rings is 9. The highest BCUT2D eigenvalue weighted by Gasteiger charge is 2.23. The predicted octanol–water partition coefficient (Wildman–Crippen LogP) is 15.7. The summed E-state index contributed by atoms with van der Waals surface area (Å²) in [5, 5.41) is 10.7. The lowest BCUT2D eigenvalue weighted by Crippen LogP contribution is -1.90. The molecule has 0 amide bonds. The lowest BCUT2D eigenvalue weighted by Gasteiger charge is -2.17. The van der Waals surface area contributed by atoms with E-state index in [1.165, 1.54) is 58.4 Å². The summed E-state index contributed by atoms with van der Waals surface area (Å²) in [6.07, 6.45) is 0. The normalized spacial score (nSPS) is 12.0. The molecule has 3 heterocycles. The first kappa shape index (κ1) is 30.5. The second-order valence-electron chi connectivity index (χ2n) is 14.3. The lowest BCUT2D eigenvalue weighted by molar-refractivity contribution is 0.634. The van der Waals surface area contributed by atoms with E-state index in [2.05, 4.69) is 176 Å². The second kappa shape index (κ2) is 11.8. The molecule has 3 aromatic heterocycles. The zero-order valence-corrected chi connectivity index (χ0v) is 30.4. The molecule has 0 bridgehead atoms. The second-order valence-corrected chi connectivity index (χ2v) is 15.4. The van der Waals surface area contributed by atoms with Crippen LogP contribution in [0.3, 0.4) is 0 Å². The molecule has 0 radical (unpaired) electrons. The van der Waals surface area contributed by atoms with Crippen molar-refractivity contribution >= 4 is 86.0 Å². The molecular weight excluding hydrogens is 689 g/mol. The van der Waals surface area contributed by atoms with Crippen LogP contribution in [0.5, 0.6) is 0 Å². The molecular formula is C52H30O2S. The van der Waals surface area contributed by atoms with Gasteiger partial charge in [-0.1, -0.05) is 146 Å². The first-order chi connectivity index (χ1) is 27.3. The van der Waals surface area contributed by atoms with Crippen molar-refractivity contribution in [3.8, 4) is 44.7 Å². The molecule has 9 aromatic carbocycles. The van der Waals surface area contributed by atoms with Gasteiger partial charge >= 0.3 is 0 Å². The van der Waals surface area contributed by atoms with Gasteiger partial charge in [0.2, 0.25) is 0 Å². The molecule has 0 spiro atoms. The minimum absolute atomic E-state index is 0.814. The molecule has 0 saturated heterocycles. The van der Waals surface area contributed by atoms with Gasteiger partial charge < -0.3 is 8.83 Å². The van der Waals surface area contributed by atoms with Crippen molar-refractivity contribution in [2.24, 2.45) is 0 Å². The van der Waals surface area contributed by atoms with Crippen molar-refractivity contribution < 1.29 is 8.83 Å². The Hall–Kier alpha value is -6.94. The Kier molecular flexibility index (Phi) is 6.54. The topological polar surface area (TPSA) is 26.3 Å². The summed E-state index contributed by atoms with van der Waals surface area (Å²) < 4.78 is 16.2. The fourth-order valence-electron chi connectivity index (χ4n) is 8.89. The van der Waals surface area contributed by atoms with E-state index in [1.807, 2.05) is 17.4 Å². The minimum atomic E-state index is 0.814. The van der Waals surface area contributed by atoms with Crippen LogP contribution < -0.4 is 0 Å². The Morgan fingerprint density at radius 2 is 0.836 bits per heavy atom. The Morgan fingerprint density at radius 3 is 1.51 bits per heavy atom. The van der Waals surface area contributed by atoms with Gasteiger partial charge in [0.05, 0.1) is 5.39 Å². The van der Waals surface area contributed by atoms with Gasteiger partial charge in [0, 0.05) is 42.1 Å². The van der Waals surface area contributed by atoms with Crippen molar-refractivity contribution in [1.82, 2.24) is 0 Å². The summed E-state index contributed by atoms with van der Waals surface area (Å²) in [6.45, 7) is 0. The summed E-state index contributed by atoms with van der Waals surface area (Å²) >= 11 is 1.87. The smallest absolute Gasteiger partial charge is 0.147 e. The molecule has 12 rings (SSSR count). The first-order valence-electron chi connectivity index (χ1n) is 18.7. The molecule has 55 heavy (non-hydrogen) atoms. The summed E-state index contributed by atoms with van der Waals surface area (Å²) in [4.78, 5) is 0. The van der Waals surface area contributed by atoms with Gasteiger partial charge in [-0.25, -0.2) is 0 Å². The molecule has 0 aliphatic carbocycles. The molecule has 0 N–H and O–H groups in total. The van der Waals surface area contributed by atoms with Gasteiger partial charge in [-0.15, -0.1) is 11.3 Å². The van der Waals surface area contributed by atoms with E-state index >= 15 is 0 Å². The number of furan rings is 2. The highest BCUT2D eigenvalue weighted by Crippen LogP contribution is 2.48. The summed E-state index contributed by atoms with van der Waals surface area (Å²) in [6, 6.07) is 65.3. The molecule has 0 unspecified atom stereocenters. The predicted molar refractivity (Wildman–Crippen MR) is 233 cm³/mol. The minimum Gasteiger partial charge on any atom is -0.456 e. The van der Waals surface area contributed by atoms with Gasteiger partial charge in [-0.05, 0) is 85.8 Å². The van der Waals surface area contributed by atoms with Crippen LogP contribution in [-0.2, 0) is 0 Å². The van der Waals surface area contributed by atoms with Crippen molar-refractivity contribution in [3.05, 3.63) is 182 Å². The van der Waals surface area contributed by atoms with Gasteiger partial charge in [-0.2, -0.15) is 0 Å². The van der Waals surface area contributed by atoms with E-state index in [0.717, 1.165) is 60.9 Å². The van der Waals surface area contributed by atoms with Gasteiger partial charge in [0.25, 0.3) is 0 Å². The van der Waals surface area contributed by atoms with E-state index in [0.29, 0.717) is 0 Å². The number of rotatable bonds is 4. The van der Waals surface area contributed by atoms with Crippen LogP contribution in [0.15, 0.2) is 191 Å². The third kappa shape index (κ3) is 4.54. The SMILES string of the molecule is c1ccc(-c2oc3c(ccc4oc5cc(-c6c7ccccc7c(-c7ccc8c(c7)sc7ccccc78)c7ccccc67)ccc5c43)c2-c2ccccc2)cc1. The zero-order valence-electron chi connectivity index (χ0n) is 29.5. The Morgan fingerprint density at radius 1 is 0.309 bits per heavy atom. The molecule has 2 nitrogen and oxygen atoms in total. The van der Waals surface area contributed by atoms with E-state index in [-0.39, 0.29) is 0 Å². The van der Waals surface area contributed by atoms with Crippen LogP contribution in [0, 0.1) is 0 Å². The molecule has 3 heteroatoms. The van der Waals surface area contributed by atoms with Crippen LogP contribution in [0.25, 0.3) is 119 Å². The van der Waals surface area contributed by atoms with E-state index in [1.54, 1.807) is 0 Å². The maximum atomic E-state index is 6.89. The number of fused-ring (bicyclic) bond motifs is 10. The monoisotopic (exact) mass is 718 g/mol. The van der Waals surface area contributed by atoms with Crippen molar-refractivity contribution in [2.75, 3.05) is 0 Å². The number of hydrogen-bond acceptors (Lipinski definition) is 3. The van der Waals surface area contributed by atoms with Crippen LogP contribution >= 0.6 is 11.3 Å². The van der Waals surface area contributed by atoms with Crippen LogP contribution in [-0.4, -0.2) is 0 Å². The summed E-state index contributed by atoms with van der Waals surface area (Å²) in [5.74, 6) is 0.866. The van der Waals surface area contributed by atoms with Crippen molar-refractivity contribution in [1.29, 1.82) is 0 Å². The highest BCUT2D eigenvalue weighted by molar-refractivity contribution is 7.25. The number of hydrogen-bond donors (Lipinski definition) is 0. The van der Waals surface area contributed by atoms with Crippen molar-refractivity contribution in [3.63, 3.8) is 0 Å². The fourth-order valence-corrected chi connectivity index (χ4v) is 10.0. The maximum Gasteiger partial charge on any atom is 0.147 e. The quantitative estimate of drug-likeness (QED) is 0.169. The van der Waals surface area contributed by atoms with Gasteiger partial charge in [-0.3, -0.25) is 0 Å². The Labute approximate surface area is 320 Å². The van der Waals surface area contributed by atoms with Crippen LogP contribution in [0.1, 0.15) is 0 Å². The molecule has 12 aromatic rings. The summed E-state index contributed by atoms with van der Waals surface area (Å²) in [5.41, 5.74) is 10.6. The van der Waals surface area contributed by atoms with Crippen LogP contribution in [0.4, 0.5) is 0 Å². The van der Waals surface area contributed by atoms with Gasteiger partial charge in [0.15, 0.2) is 0 Å². The molecule has 0 aliphatic heterocycles. The maximum absolute atomic E-state index is 6.89. The fraction of sp³-hybridized carbons (Fsp3) is 0. The molecule has 0 aliphatic rings. The van der Waals surface area contributed by atoms with E-state index in [9.17, 15) is 0 Å². The standard InChI is InChI=1S/C52H30O2S/c1-3-13-31(14-4-1)49-42-27-28-43-50(52(42)54-51(49)32-15-5-2-6-16-32)41-26-24-33(29-44(41)53-43)47-37-18-7-9-20-39(37)48(40-21-10-8-19-38(40)47)34-23-25-36-35-17-11-12-22-45(35)55-46(36)30-34/h1-30H. The molecule has 256 valence electrons. The average molecular weight is 719 g/mol. The highest BCUT2D eigenvalue weighted by atomic mass is 32.1. The van der Waals surface area contributed by atoms with Crippen molar-refractivity contribution in [2.45, 2.75) is 0 Å². The molecule has 0 atom stereocenters. The third-order valence-corrected chi connectivity index (χ3v) is 12.4. The molecule has 0 saturated carbocycles. The summed E-state index contributed by atoms with van der Waals surface area (Å²) in [7, 11) is 0. The average Bonchev–Trinajstić information content (AvgIpc) is 3.94. The van der Waals surface area contributed by atoms with Crippen LogP contribution in [0.2, 0.25) is 0 Å².